The van der Waals surface area contributed by atoms with Crippen LogP contribution in [-0.2, 0) is 14.4 Å². The minimum Gasteiger partial charge on any atom is -0.378 e. The number of rotatable bonds is 5. The largest absolute Gasteiger partial charge is 0.378 e. The molecule has 7 atom stereocenters. The van der Waals surface area contributed by atoms with Crippen molar-refractivity contribution in [2.75, 3.05) is 30.9 Å². The van der Waals surface area contributed by atoms with E-state index < -0.39 is 11.8 Å². The molecule has 39 heavy (non-hydrogen) atoms. The number of fused-ring (bicyclic) bond motifs is 9. The second-order valence-electron chi connectivity index (χ2n) is 11.1. The molecule has 0 radical (unpaired) electrons. The van der Waals surface area contributed by atoms with Crippen molar-refractivity contribution in [2.24, 2.45) is 29.6 Å². The summed E-state index contributed by atoms with van der Waals surface area (Å²) in [6.45, 7) is -0.266. The summed E-state index contributed by atoms with van der Waals surface area (Å²) in [4.78, 5) is 59.8. The van der Waals surface area contributed by atoms with E-state index in [-0.39, 0.29) is 58.1 Å². The summed E-state index contributed by atoms with van der Waals surface area (Å²) >= 11 is 2.93. The van der Waals surface area contributed by atoms with Crippen LogP contribution in [0.4, 0.5) is 11.4 Å². The first-order valence-electron chi connectivity index (χ1n) is 13.2. The number of thiazole rings is 1. The second kappa shape index (κ2) is 9.09. The zero-order valence-electron chi connectivity index (χ0n) is 21.5. The number of aromatic amines is 1. The predicted molar refractivity (Wildman–Crippen MR) is 151 cm³/mol. The molecule has 2 saturated carbocycles. The Hall–Kier alpha value is -3.37. The molecule has 10 heteroatoms. The monoisotopic (exact) mass is 560 g/mol. The Morgan fingerprint density at radius 2 is 1.69 bits per heavy atom. The van der Waals surface area contributed by atoms with Crippen LogP contribution < -0.4 is 15.1 Å². The quantitative estimate of drug-likeness (QED) is 0.463. The van der Waals surface area contributed by atoms with Gasteiger partial charge in [0.05, 0.1) is 16.9 Å². The van der Waals surface area contributed by atoms with E-state index in [1.807, 2.05) is 32.3 Å². The van der Waals surface area contributed by atoms with Gasteiger partial charge >= 0.3 is 4.87 Å². The molecule has 1 saturated heterocycles. The van der Waals surface area contributed by atoms with Gasteiger partial charge < -0.3 is 15.2 Å². The number of amides is 3. The van der Waals surface area contributed by atoms with E-state index in [0.717, 1.165) is 27.6 Å². The smallest absolute Gasteiger partial charge is 0.305 e. The van der Waals surface area contributed by atoms with Crippen LogP contribution in [-0.4, -0.2) is 53.5 Å². The number of imide groups is 1. The van der Waals surface area contributed by atoms with Gasteiger partial charge in [0.2, 0.25) is 17.7 Å². The molecule has 3 amide bonds. The zero-order chi connectivity index (χ0) is 27.0. The van der Waals surface area contributed by atoms with E-state index in [0.29, 0.717) is 5.69 Å². The molecule has 0 spiro atoms. The lowest BCUT2D eigenvalue weighted by Gasteiger charge is -2.43. The lowest BCUT2D eigenvalue weighted by molar-refractivity contribution is -0.143. The average Bonchev–Trinajstić information content (AvgIpc) is 3.65. The maximum atomic E-state index is 13.7. The van der Waals surface area contributed by atoms with Crippen molar-refractivity contribution in [3.05, 3.63) is 74.7 Å². The number of nitrogens with zero attached hydrogens (tertiary/aromatic N) is 2. The summed E-state index contributed by atoms with van der Waals surface area (Å²) < 4.78 is 0. The standard InChI is InChI=1S/C29H28N4O4S2/c1-32(2)16-10-8-14(9-11-16)20-21-17-12-18(24(21)38-26-25(20)39-29(37)31-26)23-22(17)27(35)33(28(23)36)13-19(34)30-15-6-4-3-5-7-15/h3-11,17-18,20-24H,12-13H2,1-2H3,(H,30,34)(H,31,37)/t17?,18?,20-,21?,22?,23?,24?/m1/s1. The van der Waals surface area contributed by atoms with Crippen LogP contribution in [0.25, 0.3) is 0 Å². The normalized spacial score (nSPS) is 30.2. The molecule has 6 unspecified atom stereocenters. The fourth-order valence-corrected chi connectivity index (χ4v) is 10.3. The number of thioether (sulfide) groups is 1. The number of carbonyl (C=O) groups excluding carboxylic acids is 3. The van der Waals surface area contributed by atoms with Crippen LogP contribution in [0, 0.1) is 29.6 Å². The Morgan fingerprint density at radius 1 is 1.00 bits per heavy atom. The first kappa shape index (κ1) is 24.7. The van der Waals surface area contributed by atoms with E-state index in [1.54, 1.807) is 23.9 Å². The van der Waals surface area contributed by atoms with E-state index in [4.69, 9.17) is 0 Å². The highest BCUT2D eigenvalue weighted by molar-refractivity contribution is 8.00. The summed E-state index contributed by atoms with van der Waals surface area (Å²) in [5.41, 5.74) is 2.86. The van der Waals surface area contributed by atoms with Crippen molar-refractivity contribution in [2.45, 2.75) is 22.6 Å². The summed E-state index contributed by atoms with van der Waals surface area (Å²) in [7, 11) is 4.01. The van der Waals surface area contributed by atoms with Gasteiger partial charge in [-0.05, 0) is 54.0 Å². The molecule has 2 aromatic carbocycles. The third kappa shape index (κ3) is 3.79. The molecule has 3 aromatic rings. The zero-order valence-corrected chi connectivity index (χ0v) is 23.1. The number of benzene rings is 2. The van der Waals surface area contributed by atoms with Crippen LogP contribution >= 0.6 is 23.1 Å². The minimum absolute atomic E-state index is 0.0132. The third-order valence-electron chi connectivity index (χ3n) is 8.94. The highest BCUT2D eigenvalue weighted by atomic mass is 32.2. The summed E-state index contributed by atoms with van der Waals surface area (Å²) in [5, 5.41) is 3.82. The van der Waals surface area contributed by atoms with E-state index >= 15 is 0 Å². The topological polar surface area (TPSA) is 103 Å². The van der Waals surface area contributed by atoms with Crippen LogP contribution in [0.1, 0.15) is 22.8 Å². The van der Waals surface area contributed by atoms with Crippen molar-refractivity contribution in [1.29, 1.82) is 0 Å². The number of H-pyrrole nitrogens is 1. The molecule has 2 aliphatic heterocycles. The predicted octanol–water partition coefficient (Wildman–Crippen LogP) is 3.61. The fourth-order valence-electron chi connectivity index (χ4n) is 7.45. The Morgan fingerprint density at radius 3 is 2.38 bits per heavy atom. The summed E-state index contributed by atoms with van der Waals surface area (Å²) in [6, 6.07) is 17.5. The number of nitrogens with one attached hydrogen (secondary N) is 2. The van der Waals surface area contributed by atoms with Crippen molar-refractivity contribution in [3.8, 4) is 0 Å². The van der Waals surface area contributed by atoms with Gasteiger partial charge in [-0.1, -0.05) is 41.7 Å². The molecule has 200 valence electrons. The molecule has 2 bridgehead atoms. The Labute approximate surface area is 233 Å². The van der Waals surface area contributed by atoms with E-state index in [1.165, 1.54) is 16.2 Å². The number of carbonyl (C=O) groups is 3. The van der Waals surface area contributed by atoms with Crippen LogP contribution in [0.5, 0.6) is 0 Å². The van der Waals surface area contributed by atoms with Gasteiger partial charge in [0.1, 0.15) is 6.54 Å². The lowest BCUT2D eigenvalue weighted by Crippen LogP contribution is -2.42. The molecular weight excluding hydrogens is 532 g/mol. The average molecular weight is 561 g/mol. The molecule has 2 aliphatic carbocycles. The summed E-state index contributed by atoms with van der Waals surface area (Å²) in [5.74, 6) is -1.44. The van der Waals surface area contributed by atoms with Crippen LogP contribution in [0.2, 0.25) is 0 Å². The molecular formula is C29H28N4O4S2. The Balaban J connectivity index is 1.20. The molecule has 4 aliphatic rings. The maximum absolute atomic E-state index is 13.7. The SMILES string of the molecule is CN(C)c1ccc([C@H]2c3sc(=O)[nH]c3SC3C4CC(C5C(=O)N(CC(=O)Nc6ccccc6)C(=O)C45)C32)cc1. The minimum atomic E-state index is -0.408. The van der Waals surface area contributed by atoms with Gasteiger partial charge in [-0.2, -0.15) is 0 Å². The molecule has 1 aromatic heterocycles. The Bertz CT molecular complexity index is 1530. The van der Waals surface area contributed by atoms with E-state index in [2.05, 4.69) is 39.5 Å². The number of para-hydroxylation sites is 1. The van der Waals surface area contributed by atoms with Crippen molar-refractivity contribution in [3.63, 3.8) is 0 Å². The van der Waals surface area contributed by atoms with Crippen molar-refractivity contribution >= 4 is 52.2 Å². The van der Waals surface area contributed by atoms with Gasteiger partial charge in [0, 0.05) is 41.5 Å². The number of hydrogen-bond acceptors (Lipinski definition) is 7. The van der Waals surface area contributed by atoms with Gasteiger partial charge in [0.15, 0.2) is 0 Å². The van der Waals surface area contributed by atoms with Gasteiger partial charge in [0.25, 0.3) is 0 Å². The first-order valence-corrected chi connectivity index (χ1v) is 14.9. The van der Waals surface area contributed by atoms with Gasteiger partial charge in [-0.25, -0.2) is 0 Å². The van der Waals surface area contributed by atoms with Crippen LogP contribution in [0.3, 0.4) is 0 Å². The Kier molecular flexibility index (Phi) is 5.75. The maximum Gasteiger partial charge on any atom is 0.305 e. The summed E-state index contributed by atoms with van der Waals surface area (Å²) in [6.07, 6.45) is 0.824. The third-order valence-corrected chi connectivity index (χ3v) is 11.5. The first-order chi connectivity index (χ1) is 18.8. The molecule has 8 nitrogen and oxygen atoms in total. The number of aromatic nitrogens is 1. The molecule has 2 N–H and O–H groups in total. The number of anilines is 2. The van der Waals surface area contributed by atoms with Crippen LogP contribution in [0.15, 0.2) is 64.4 Å². The van der Waals surface area contributed by atoms with Crippen molar-refractivity contribution < 1.29 is 14.4 Å². The highest BCUT2D eigenvalue weighted by Crippen LogP contribution is 2.68. The van der Waals surface area contributed by atoms with Gasteiger partial charge in [-0.3, -0.25) is 24.1 Å². The fraction of sp³-hybridized carbons (Fsp3) is 0.379. The molecule has 3 heterocycles. The van der Waals surface area contributed by atoms with Crippen molar-refractivity contribution in [1.82, 2.24) is 9.88 Å². The van der Waals surface area contributed by atoms with E-state index in [9.17, 15) is 19.2 Å². The van der Waals surface area contributed by atoms with Gasteiger partial charge in [-0.15, -0.1) is 11.8 Å². The lowest BCUT2D eigenvalue weighted by atomic mass is 9.68. The molecule has 7 rings (SSSR count). The number of likely N-dealkylation sites (tertiary alicyclic amines) is 1. The number of hydrogen-bond donors (Lipinski definition) is 2. The molecule has 3 fully saturated rings. The highest BCUT2D eigenvalue weighted by Gasteiger charge is 2.69. The second-order valence-corrected chi connectivity index (χ2v) is 13.3.